The molecule has 1 aromatic carbocycles. The van der Waals surface area contributed by atoms with E-state index in [0.717, 1.165) is 12.8 Å². The lowest BCUT2D eigenvalue weighted by Gasteiger charge is -2.10. The Labute approximate surface area is 94.6 Å². The molecule has 0 saturated carbocycles. The molecule has 0 aromatic heterocycles. The number of rotatable bonds is 6. The molecular weight excluding hydrogens is 207 g/mol. The summed E-state index contributed by atoms with van der Waals surface area (Å²) in [5, 5.41) is 8.34. The molecule has 0 aliphatic carbocycles. The molecule has 0 aliphatic heterocycles. The first kappa shape index (κ1) is 12.5. The normalized spacial score (nSPS) is 9.81. The van der Waals surface area contributed by atoms with Gasteiger partial charge in [-0.1, -0.05) is 12.1 Å². The molecule has 0 unspecified atom stereocenters. The number of hydrogen-bond acceptors (Lipinski definition) is 3. The van der Waals surface area contributed by atoms with Crippen molar-refractivity contribution in [3.8, 4) is 11.8 Å². The van der Waals surface area contributed by atoms with Gasteiger partial charge in [0.2, 0.25) is 0 Å². The van der Waals surface area contributed by atoms with Crippen molar-refractivity contribution in [1.82, 2.24) is 0 Å². The lowest BCUT2D eigenvalue weighted by Crippen LogP contribution is -2.05. The summed E-state index contributed by atoms with van der Waals surface area (Å²) in [7, 11) is 0. The maximum atomic E-state index is 13.4. The van der Waals surface area contributed by atoms with Gasteiger partial charge in [-0.05, 0) is 18.9 Å². The highest BCUT2D eigenvalue weighted by Crippen LogP contribution is 2.22. The average Bonchev–Trinajstić information content (AvgIpc) is 2.30. The second-order valence-corrected chi connectivity index (χ2v) is 3.40. The summed E-state index contributed by atoms with van der Waals surface area (Å²) >= 11 is 0. The predicted octanol–water partition coefficient (Wildman–Crippen LogP) is 2.36. The zero-order valence-electron chi connectivity index (χ0n) is 9.08. The van der Waals surface area contributed by atoms with Crippen LogP contribution >= 0.6 is 0 Å². The van der Waals surface area contributed by atoms with Gasteiger partial charge in [-0.15, -0.1) is 0 Å². The second kappa shape index (κ2) is 6.81. The fourth-order valence-electron chi connectivity index (χ4n) is 1.36. The Morgan fingerprint density at radius 2 is 2.19 bits per heavy atom. The van der Waals surface area contributed by atoms with E-state index < -0.39 is 0 Å². The molecule has 0 bridgehead atoms. The van der Waals surface area contributed by atoms with Crippen LogP contribution in [0, 0.1) is 17.1 Å². The van der Waals surface area contributed by atoms with Gasteiger partial charge >= 0.3 is 0 Å². The number of ether oxygens (including phenoxy) is 1. The molecule has 1 rings (SSSR count). The summed E-state index contributed by atoms with van der Waals surface area (Å²) in [4.78, 5) is 0. The van der Waals surface area contributed by atoms with E-state index in [9.17, 15) is 4.39 Å². The predicted molar refractivity (Wildman–Crippen MR) is 59.3 cm³/mol. The first-order valence-electron chi connectivity index (χ1n) is 5.26. The molecule has 0 fully saturated rings. The zero-order valence-corrected chi connectivity index (χ0v) is 9.08. The first-order valence-corrected chi connectivity index (χ1v) is 5.26. The van der Waals surface area contributed by atoms with Gasteiger partial charge in [0, 0.05) is 18.5 Å². The fraction of sp³-hybridized carbons (Fsp3) is 0.417. The molecule has 0 spiro atoms. The van der Waals surface area contributed by atoms with Crippen molar-refractivity contribution in [2.75, 3.05) is 6.61 Å². The highest BCUT2D eigenvalue weighted by atomic mass is 19.1. The summed E-state index contributed by atoms with van der Waals surface area (Å²) < 4.78 is 18.7. The molecule has 0 amide bonds. The van der Waals surface area contributed by atoms with Crippen LogP contribution in [-0.2, 0) is 6.54 Å². The molecule has 4 heteroatoms. The summed E-state index contributed by atoms with van der Waals surface area (Å²) in [5.74, 6) is -0.148. The maximum absolute atomic E-state index is 13.4. The van der Waals surface area contributed by atoms with Gasteiger partial charge < -0.3 is 10.5 Å². The number of nitrogens with two attached hydrogens (primary N) is 1. The van der Waals surface area contributed by atoms with Crippen molar-refractivity contribution in [2.45, 2.75) is 25.8 Å². The van der Waals surface area contributed by atoms with Crippen LogP contribution in [0.3, 0.4) is 0 Å². The third kappa shape index (κ3) is 3.52. The van der Waals surface area contributed by atoms with Crippen LogP contribution in [0.25, 0.3) is 0 Å². The Bertz CT molecular complexity index is 374. The third-order valence-corrected chi connectivity index (χ3v) is 2.20. The van der Waals surface area contributed by atoms with Gasteiger partial charge in [0.15, 0.2) is 11.6 Å². The Kier molecular flexibility index (Phi) is 5.30. The van der Waals surface area contributed by atoms with Crippen molar-refractivity contribution in [3.63, 3.8) is 0 Å². The van der Waals surface area contributed by atoms with Gasteiger partial charge in [0.1, 0.15) is 0 Å². The number of hydrogen-bond donors (Lipinski definition) is 1. The Morgan fingerprint density at radius 1 is 1.38 bits per heavy atom. The summed E-state index contributed by atoms with van der Waals surface area (Å²) in [5.41, 5.74) is 6.15. The van der Waals surface area contributed by atoms with Crippen molar-refractivity contribution < 1.29 is 9.13 Å². The number of benzene rings is 1. The molecule has 3 nitrogen and oxygen atoms in total. The number of para-hydroxylation sites is 1. The Balaban J connectivity index is 2.50. The van der Waals surface area contributed by atoms with E-state index in [2.05, 4.69) is 6.07 Å². The topological polar surface area (TPSA) is 59.0 Å². The Hall–Kier alpha value is -1.60. The minimum atomic E-state index is -0.386. The van der Waals surface area contributed by atoms with Crippen molar-refractivity contribution in [3.05, 3.63) is 29.6 Å². The van der Waals surface area contributed by atoms with E-state index in [1.165, 1.54) is 6.07 Å². The van der Waals surface area contributed by atoms with Gasteiger partial charge in [-0.3, -0.25) is 0 Å². The quantitative estimate of drug-likeness (QED) is 0.751. The Morgan fingerprint density at radius 3 is 2.88 bits per heavy atom. The molecule has 0 radical (unpaired) electrons. The first-order chi connectivity index (χ1) is 7.79. The van der Waals surface area contributed by atoms with E-state index in [1.807, 2.05) is 0 Å². The number of unbranched alkanes of at least 4 members (excludes halogenated alkanes) is 2. The number of nitrogens with zero attached hydrogens (tertiary/aromatic N) is 1. The summed E-state index contributed by atoms with van der Waals surface area (Å²) in [6, 6.07) is 6.76. The molecule has 0 atom stereocenters. The maximum Gasteiger partial charge on any atom is 0.165 e. The average molecular weight is 222 g/mol. The van der Waals surface area contributed by atoms with Crippen LogP contribution in [0.5, 0.6) is 5.75 Å². The van der Waals surface area contributed by atoms with Gasteiger partial charge in [-0.25, -0.2) is 4.39 Å². The van der Waals surface area contributed by atoms with Gasteiger partial charge in [-0.2, -0.15) is 5.26 Å². The minimum Gasteiger partial charge on any atom is -0.490 e. The van der Waals surface area contributed by atoms with Crippen LogP contribution in [0.1, 0.15) is 24.8 Å². The fourth-order valence-corrected chi connectivity index (χ4v) is 1.36. The van der Waals surface area contributed by atoms with Crippen molar-refractivity contribution >= 4 is 0 Å². The van der Waals surface area contributed by atoms with Crippen molar-refractivity contribution in [1.29, 1.82) is 5.26 Å². The van der Waals surface area contributed by atoms with Crippen LogP contribution in [-0.4, -0.2) is 6.61 Å². The smallest absolute Gasteiger partial charge is 0.165 e. The van der Waals surface area contributed by atoms with E-state index in [-0.39, 0.29) is 18.1 Å². The highest BCUT2D eigenvalue weighted by molar-refractivity contribution is 5.34. The number of halogens is 1. The molecule has 16 heavy (non-hydrogen) atoms. The summed E-state index contributed by atoms with van der Waals surface area (Å²) in [6.07, 6.45) is 2.01. The van der Waals surface area contributed by atoms with Crippen molar-refractivity contribution in [2.24, 2.45) is 5.73 Å². The molecule has 86 valence electrons. The molecule has 2 N–H and O–H groups in total. The standard InChI is InChI=1S/C12H15FN2O/c13-11-6-4-5-10(9-15)12(11)16-8-3-1-2-7-14/h4-6H,1-3,8-9,15H2. The van der Waals surface area contributed by atoms with Gasteiger partial charge in [0.05, 0.1) is 12.7 Å². The van der Waals surface area contributed by atoms with Gasteiger partial charge in [0.25, 0.3) is 0 Å². The van der Waals surface area contributed by atoms with Crippen LogP contribution in [0.15, 0.2) is 18.2 Å². The van der Waals surface area contributed by atoms with E-state index in [0.29, 0.717) is 18.6 Å². The molecule has 0 saturated heterocycles. The SMILES string of the molecule is N#CCCCCOc1c(F)cccc1CN. The molecule has 0 heterocycles. The molecule has 0 aliphatic rings. The third-order valence-electron chi connectivity index (χ3n) is 2.20. The van der Waals surface area contributed by atoms with E-state index >= 15 is 0 Å². The zero-order chi connectivity index (χ0) is 11.8. The summed E-state index contributed by atoms with van der Waals surface area (Å²) in [6.45, 7) is 0.668. The van der Waals surface area contributed by atoms with Crippen LogP contribution in [0.4, 0.5) is 4.39 Å². The highest BCUT2D eigenvalue weighted by Gasteiger charge is 2.07. The lowest BCUT2D eigenvalue weighted by atomic mass is 10.2. The second-order valence-electron chi connectivity index (χ2n) is 3.40. The minimum absolute atomic E-state index is 0.238. The largest absolute Gasteiger partial charge is 0.490 e. The number of nitriles is 1. The monoisotopic (exact) mass is 222 g/mol. The van der Waals surface area contributed by atoms with E-state index in [1.54, 1.807) is 12.1 Å². The molecular formula is C12H15FN2O. The van der Waals surface area contributed by atoms with Crippen LogP contribution < -0.4 is 10.5 Å². The van der Waals surface area contributed by atoms with Crippen LogP contribution in [0.2, 0.25) is 0 Å². The van der Waals surface area contributed by atoms with E-state index in [4.69, 9.17) is 15.7 Å². The lowest BCUT2D eigenvalue weighted by molar-refractivity contribution is 0.289. The molecule has 1 aromatic rings.